The Morgan fingerprint density at radius 1 is 0.800 bits per heavy atom. The molecule has 0 aliphatic heterocycles. The maximum atomic E-state index is 6.06. The third-order valence-corrected chi connectivity index (χ3v) is 3.87. The molecule has 0 unspecified atom stereocenters. The molecule has 0 saturated carbocycles. The van der Waals surface area contributed by atoms with Gasteiger partial charge >= 0.3 is 0 Å². The Morgan fingerprint density at radius 2 is 1.50 bits per heavy atom. The van der Waals surface area contributed by atoms with Crippen molar-refractivity contribution in [3.8, 4) is 11.5 Å². The second kappa shape index (κ2) is 4.42. The summed E-state index contributed by atoms with van der Waals surface area (Å²) in [6.07, 6.45) is 3.78. The van der Waals surface area contributed by atoms with E-state index in [4.69, 9.17) is 4.74 Å². The van der Waals surface area contributed by atoms with Crippen LogP contribution in [0.1, 0.15) is 0 Å². The summed E-state index contributed by atoms with van der Waals surface area (Å²) in [5.41, 5.74) is 2.13. The van der Waals surface area contributed by atoms with Crippen LogP contribution in [0, 0.1) is 0 Å². The number of fused-ring (bicyclic) bond motifs is 2. The number of hydrogen-bond donors (Lipinski definition) is 2. The van der Waals surface area contributed by atoms with Crippen LogP contribution in [0.15, 0.2) is 59.3 Å². The van der Waals surface area contributed by atoms with E-state index in [2.05, 4.69) is 32.0 Å². The van der Waals surface area contributed by atoms with Crippen molar-refractivity contribution in [2.75, 3.05) is 0 Å². The van der Waals surface area contributed by atoms with Crippen LogP contribution < -0.4 is 4.74 Å². The molecule has 2 aromatic heterocycles. The van der Waals surface area contributed by atoms with E-state index in [0.717, 1.165) is 37.8 Å². The molecule has 98 valence electrons. The van der Waals surface area contributed by atoms with Gasteiger partial charge in [0.2, 0.25) is 0 Å². The fraction of sp³-hybridized carbons (Fsp3) is 0. The molecule has 0 amide bonds. The molecule has 0 saturated heterocycles. The SMILES string of the molecule is Brc1ccc2[nH]cc(Oc3c[nH]c4ccccc34)c2c1. The van der Waals surface area contributed by atoms with Crippen LogP contribution in [-0.2, 0) is 0 Å². The number of H-pyrrole nitrogens is 2. The zero-order valence-electron chi connectivity index (χ0n) is 10.5. The summed E-state index contributed by atoms with van der Waals surface area (Å²) in [4.78, 5) is 6.44. The highest BCUT2D eigenvalue weighted by molar-refractivity contribution is 9.10. The normalized spacial score (nSPS) is 11.2. The van der Waals surface area contributed by atoms with Crippen molar-refractivity contribution >= 4 is 37.7 Å². The maximum absolute atomic E-state index is 6.06. The Labute approximate surface area is 123 Å². The van der Waals surface area contributed by atoms with Crippen molar-refractivity contribution in [3.63, 3.8) is 0 Å². The van der Waals surface area contributed by atoms with Crippen molar-refractivity contribution in [1.82, 2.24) is 9.97 Å². The first-order valence-corrected chi connectivity index (χ1v) is 7.11. The Hall–Kier alpha value is -2.20. The highest BCUT2D eigenvalue weighted by Crippen LogP contribution is 2.34. The van der Waals surface area contributed by atoms with Gasteiger partial charge in [-0.05, 0) is 30.3 Å². The molecule has 0 fully saturated rings. The second-order valence-corrected chi connectivity index (χ2v) is 5.56. The van der Waals surface area contributed by atoms with Gasteiger partial charge in [-0.25, -0.2) is 0 Å². The van der Waals surface area contributed by atoms with Gasteiger partial charge in [0.1, 0.15) is 0 Å². The molecule has 4 heteroatoms. The van der Waals surface area contributed by atoms with Gasteiger partial charge in [-0.2, -0.15) is 0 Å². The zero-order valence-corrected chi connectivity index (χ0v) is 12.1. The monoisotopic (exact) mass is 326 g/mol. The fourth-order valence-electron chi connectivity index (χ4n) is 2.40. The van der Waals surface area contributed by atoms with Crippen LogP contribution in [0.3, 0.4) is 0 Å². The van der Waals surface area contributed by atoms with Crippen molar-refractivity contribution < 1.29 is 4.74 Å². The average Bonchev–Trinajstić information content (AvgIpc) is 3.05. The van der Waals surface area contributed by atoms with E-state index < -0.39 is 0 Å². The molecule has 0 aliphatic carbocycles. The summed E-state index contributed by atoms with van der Waals surface area (Å²) in [6.45, 7) is 0. The van der Waals surface area contributed by atoms with Crippen LogP contribution in [-0.4, -0.2) is 9.97 Å². The number of ether oxygens (including phenoxy) is 1. The molecule has 0 aliphatic rings. The first-order valence-electron chi connectivity index (χ1n) is 6.32. The number of benzene rings is 2. The average molecular weight is 327 g/mol. The van der Waals surface area contributed by atoms with Crippen LogP contribution in [0.2, 0.25) is 0 Å². The fourth-order valence-corrected chi connectivity index (χ4v) is 2.76. The summed E-state index contributed by atoms with van der Waals surface area (Å²) in [5.74, 6) is 1.66. The van der Waals surface area contributed by atoms with E-state index in [1.165, 1.54) is 0 Å². The number of aromatic nitrogens is 2. The molecule has 0 spiro atoms. The molecule has 0 radical (unpaired) electrons. The van der Waals surface area contributed by atoms with Crippen LogP contribution in [0.5, 0.6) is 11.5 Å². The predicted octanol–water partition coefficient (Wildman–Crippen LogP) is 5.20. The van der Waals surface area contributed by atoms with E-state index in [1.807, 2.05) is 48.8 Å². The Bertz CT molecular complexity index is 907. The summed E-state index contributed by atoms with van der Waals surface area (Å²) in [7, 11) is 0. The van der Waals surface area contributed by atoms with Crippen molar-refractivity contribution in [3.05, 3.63) is 59.3 Å². The van der Waals surface area contributed by atoms with E-state index in [-0.39, 0.29) is 0 Å². The summed E-state index contributed by atoms with van der Waals surface area (Å²) in [6, 6.07) is 14.2. The van der Waals surface area contributed by atoms with Crippen molar-refractivity contribution in [2.24, 2.45) is 0 Å². The smallest absolute Gasteiger partial charge is 0.152 e. The number of rotatable bonds is 2. The van der Waals surface area contributed by atoms with E-state index >= 15 is 0 Å². The van der Waals surface area contributed by atoms with Crippen LogP contribution in [0.4, 0.5) is 0 Å². The molecule has 2 heterocycles. The van der Waals surface area contributed by atoms with Gasteiger partial charge in [0.05, 0.1) is 0 Å². The second-order valence-electron chi connectivity index (χ2n) is 4.64. The number of aromatic amines is 2. The van der Waals surface area contributed by atoms with Gasteiger partial charge in [-0.3, -0.25) is 0 Å². The predicted molar refractivity (Wildman–Crippen MR) is 84.4 cm³/mol. The third-order valence-electron chi connectivity index (χ3n) is 3.38. The molecule has 2 aromatic carbocycles. The lowest BCUT2D eigenvalue weighted by Gasteiger charge is -2.02. The highest BCUT2D eigenvalue weighted by atomic mass is 79.9. The summed E-state index contributed by atoms with van der Waals surface area (Å²) >= 11 is 3.49. The summed E-state index contributed by atoms with van der Waals surface area (Å²) < 4.78 is 7.09. The topological polar surface area (TPSA) is 40.8 Å². The minimum absolute atomic E-state index is 0.825. The maximum Gasteiger partial charge on any atom is 0.152 e. The summed E-state index contributed by atoms with van der Waals surface area (Å²) in [5, 5.41) is 2.14. The van der Waals surface area contributed by atoms with E-state index in [0.29, 0.717) is 0 Å². The molecular formula is C16H11BrN2O. The number of nitrogens with one attached hydrogen (secondary N) is 2. The Kier molecular flexibility index (Phi) is 2.57. The number of para-hydroxylation sites is 1. The third kappa shape index (κ3) is 1.80. The van der Waals surface area contributed by atoms with Gasteiger partial charge < -0.3 is 14.7 Å². The first kappa shape index (κ1) is 11.6. The quantitative estimate of drug-likeness (QED) is 0.522. The zero-order chi connectivity index (χ0) is 13.5. The van der Waals surface area contributed by atoms with Gasteiger partial charge in [0.15, 0.2) is 11.5 Å². The molecule has 4 rings (SSSR count). The minimum atomic E-state index is 0.825. The van der Waals surface area contributed by atoms with Crippen LogP contribution in [0.25, 0.3) is 21.8 Å². The molecule has 2 N–H and O–H groups in total. The van der Waals surface area contributed by atoms with Crippen molar-refractivity contribution in [2.45, 2.75) is 0 Å². The van der Waals surface area contributed by atoms with Gasteiger partial charge in [0, 0.05) is 38.7 Å². The molecule has 4 aromatic rings. The lowest BCUT2D eigenvalue weighted by molar-refractivity contribution is 0.494. The van der Waals surface area contributed by atoms with Gasteiger partial charge in [-0.15, -0.1) is 0 Å². The number of halogens is 1. The lowest BCUT2D eigenvalue weighted by Crippen LogP contribution is -1.80. The van der Waals surface area contributed by atoms with E-state index in [9.17, 15) is 0 Å². The van der Waals surface area contributed by atoms with E-state index in [1.54, 1.807) is 0 Å². The Balaban J connectivity index is 1.82. The molecule has 20 heavy (non-hydrogen) atoms. The van der Waals surface area contributed by atoms with Gasteiger partial charge in [0.25, 0.3) is 0 Å². The van der Waals surface area contributed by atoms with Crippen LogP contribution >= 0.6 is 15.9 Å². The van der Waals surface area contributed by atoms with Gasteiger partial charge in [-0.1, -0.05) is 28.1 Å². The molecule has 0 atom stereocenters. The largest absolute Gasteiger partial charge is 0.453 e. The standard InChI is InChI=1S/C16H11BrN2O/c17-10-5-6-14-12(7-10)16(9-19-14)20-15-8-18-13-4-2-1-3-11(13)15/h1-9,18-19H. The number of hydrogen-bond acceptors (Lipinski definition) is 1. The molecule has 0 bridgehead atoms. The molecular weight excluding hydrogens is 316 g/mol. The highest BCUT2D eigenvalue weighted by Gasteiger charge is 2.09. The Morgan fingerprint density at radius 3 is 2.35 bits per heavy atom. The van der Waals surface area contributed by atoms with Crippen molar-refractivity contribution in [1.29, 1.82) is 0 Å². The minimum Gasteiger partial charge on any atom is -0.453 e. The lowest BCUT2D eigenvalue weighted by atomic mass is 10.2. The first-order chi connectivity index (χ1) is 9.81. The molecule has 3 nitrogen and oxygen atoms in total.